The first kappa shape index (κ1) is 22.3. The van der Waals surface area contributed by atoms with E-state index in [1.54, 1.807) is 4.90 Å². The van der Waals surface area contributed by atoms with Crippen LogP contribution in [0.4, 0.5) is 5.69 Å². The van der Waals surface area contributed by atoms with Crippen LogP contribution in [0.5, 0.6) is 0 Å². The molecule has 5 aromatic rings. The van der Waals surface area contributed by atoms with Gasteiger partial charge < -0.3 is 4.90 Å². The topological polar surface area (TPSA) is 67.6 Å². The molecule has 0 N–H and O–H groups in total. The summed E-state index contributed by atoms with van der Waals surface area (Å²) in [5, 5.41) is 4.44. The van der Waals surface area contributed by atoms with Gasteiger partial charge in [-0.25, -0.2) is 0 Å². The molecule has 0 bridgehead atoms. The van der Waals surface area contributed by atoms with Crippen molar-refractivity contribution in [1.29, 1.82) is 0 Å². The third-order valence-electron chi connectivity index (χ3n) is 5.93. The SMILES string of the molecule is Cc1ccc(CN2C(=O)C(=c3sc4nc(-c5ccc(Br)cc5)nn4c3=O)c3cc(Br)ccc32)cc1. The van der Waals surface area contributed by atoms with Crippen molar-refractivity contribution in [3.05, 3.63) is 107 Å². The van der Waals surface area contributed by atoms with E-state index >= 15 is 0 Å². The maximum Gasteiger partial charge on any atom is 0.291 e. The molecule has 1 amide bonds. The van der Waals surface area contributed by atoms with Gasteiger partial charge in [-0.15, -0.1) is 5.10 Å². The van der Waals surface area contributed by atoms with E-state index in [1.165, 1.54) is 15.9 Å². The third kappa shape index (κ3) is 3.84. The van der Waals surface area contributed by atoms with Gasteiger partial charge in [-0.05, 0) is 42.8 Å². The molecule has 2 aromatic heterocycles. The Hall–Kier alpha value is -3.14. The van der Waals surface area contributed by atoms with Gasteiger partial charge >= 0.3 is 0 Å². The molecule has 0 spiro atoms. The molecule has 3 heterocycles. The molecular formula is C26H16Br2N4O2S. The number of carbonyl (C=O) groups is 1. The van der Waals surface area contributed by atoms with Crippen LogP contribution in [0.2, 0.25) is 0 Å². The van der Waals surface area contributed by atoms with E-state index in [4.69, 9.17) is 0 Å². The Morgan fingerprint density at radius 1 is 0.914 bits per heavy atom. The number of rotatable bonds is 3. The highest BCUT2D eigenvalue weighted by molar-refractivity contribution is 9.10. The molecule has 0 atom stereocenters. The van der Waals surface area contributed by atoms with Gasteiger partial charge in [0.1, 0.15) is 4.53 Å². The molecule has 0 aliphatic carbocycles. The number of anilines is 1. The van der Waals surface area contributed by atoms with Gasteiger partial charge in [-0.1, -0.05) is 85.2 Å². The quantitative estimate of drug-likeness (QED) is 0.286. The van der Waals surface area contributed by atoms with Gasteiger partial charge in [0.15, 0.2) is 5.82 Å². The van der Waals surface area contributed by atoms with Gasteiger partial charge in [0.25, 0.3) is 11.5 Å². The highest BCUT2D eigenvalue weighted by Gasteiger charge is 2.34. The number of amides is 1. The molecule has 1 aliphatic heterocycles. The molecule has 0 fully saturated rings. The van der Waals surface area contributed by atoms with Crippen LogP contribution in [0, 0.1) is 6.92 Å². The monoisotopic (exact) mass is 606 g/mol. The second-order valence-corrected chi connectivity index (χ2v) is 11.1. The van der Waals surface area contributed by atoms with E-state index < -0.39 is 0 Å². The average Bonchev–Trinajstić information content (AvgIpc) is 3.47. The molecule has 9 heteroatoms. The number of hydrogen-bond acceptors (Lipinski definition) is 5. The molecule has 0 saturated carbocycles. The van der Waals surface area contributed by atoms with E-state index in [9.17, 15) is 9.59 Å². The van der Waals surface area contributed by atoms with Crippen molar-refractivity contribution < 1.29 is 4.79 Å². The van der Waals surface area contributed by atoms with Crippen molar-refractivity contribution in [1.82, 2.24) is 14.6 Å². The minimum absolute atomic E-state index is 0.201. The van der Waals surface area contributed by atoms with Crippen LogP contribution < -0.4 is 15.0 Å². The van der Waals surface area contributed by atoms with Crippen LogP contribution in [0.15, 0.2) is 80.5 Å². The lowest BCUT2D eigenvalue weighted by Gasteiger charge is -2.17. The molecule has 35 heavy (non-hydrogen) atoms. The lowest BCUT2D eigenvalue weighted by Crippen LogP contribution is -2.32. The van der Waals surface area contributed by atoms with Crippen LogP contribution in [0.3, 0.4) is 0 Å². The van der Waals surface area contributed by atoms with E-state index in [-0.39, 0.29) is 11.5 Å². The van der Waals surface area contributed by atoms with Crippen LogP contribution in [-0.2, 0) is 11.3 Å². The molecule has 6 rings (SSSR count). The highest BCUT2D eigenvalue weighted by atomic mass is 79.9. The standard InChI is InChI=1S/C26H16Br2N4O2S/c1-14-2-4-15(5-3-14)13-31-20-11-10-18(28)12-19(20)21(24(31)33)22-25(34)32-26(35-22)29-23(30-32)16-6-8-17(27)9-7-16/h2-12H,13H2,1H3. The second kappa shape index (κ2) is 8.51. The molecule has 0 radical (unpaired) electrons. The molecule has 1 aliphatic rings. The van der Waals surface area contributed by atoms with Crippen LogP contribution in [0.1, 0.15) is 16.7 Å². The Balaban J connectivity index is 1.50. The van der Waals surface area contributed by atoms with Crippen molar-refractivity contribution in [2.24, 2.45) is 0 Å². The average molecular weight is 608 g/mol. The van der Waals surface area contributed by atoms with Crippen LogP contribution in [-0.4, -0.2) is 20.5 Å². The number of carbonyl (C=O) groups excluding carboxylic acids is 1. The molecule has 3 aromatic carbocycles. The zero-order valence-corrected chi connectivity index (χ0v) is 22.3. The fourth-order valence-electron chi connectivity index (χ4n) is 4.16. The third-order valence-corrected chi connectivity index (χ3v) is 7.98. The number of hydrogen-bond donors (Lipinski definition) is 0. The molecule has 172 valence electrons. The molecule has 0 unspecified atom stereocenters. The zero-order valence-electron chi connectivity index (χ0n) is 18.3. The molecule has 6 nitrogen and oxygen atoms in total. The summed E-state index contributed by atoms with van der Waals surface area (Å²) < 4.78 is 3.42. The summed E-state index contributed by atoms with van der Waals surface area (Å²) in [4.78, 5) is 33.9. The van der Waals surface area contributed by atoms with Gasteiger partial charge in [-0.2, -0.15) is 9.50 Å². The number of nitrogens with zero attached hydrogens (tertiary/aromatic N) is 4. The Morgan fingerprint density at radius 2 is 1.63 bits per heavy atom. The lowest BCUT2D eigenvalue weighted by atomic mass is 10.1. The normalized spacial score (nSPS) is 14.7. The number of benzene rings is 3. The van der Waals surface area contributed by atoms with Gasteiger partial charge in [-0.3, -0.25) is 9.59 Å². The Bertz CT molecular complexity index is 1740. The molecule has 0 saturated heterocycles. The van der Waals surface area contributed by atoms with Crippen LogP contribution in [0.25, 0.3) is 21.9 Å². The van der Waals surface area contributed by atoms with Crippen molar-refractivity contribution in [3.8, 4) is 11.4 Å². The number of aromatic nitrogens is 3. The first-order valence-corrected chi connectivity index (χ1v) is 13.2. The second-order valence-electron chi connectivity index (χ2n) is 8.29. The Morgan fingerprint density at radius 3 is 2.34 bits per heavy atom. The van der Waals surface area contributed by atoms with Gasteiger partial charge in [0.05, 0.1) is 17.8 Å². The minimum Gasteiger partial charge on any atom is -0.303 e. The zero-order chi connectivity index (χ0) is 24.3. The first-order valence-electron chi connectivity index (χ1n) is 10.8. The van der Waals surface area contributed by atoms with Crippen LogP contribution >= 0.6 is 43.2 Å². The van der Waals surface area contributed by atoms with Crippen molar-refractivity contribution in [3.63, 3.8) is 0 Å². The minimum atomic E-state index is -0.340. The predicted molar refractivity (Wildman–Crippen MR) is 145 cm³/mol. The maximum atomic E-state index is 13.7. The number of halogens is 2. The van der Waals surface area contributed by atoms with Crippen molar-refractivity contribution in [2.45, 2.75) is 13.5 Å². The van der Waals surface area contributed by atoms with E-state index in [0.29, 0.717) is 27.4 Å². The summed E-state index contributed by atoms with van der Waals surface area (Å²) >= 11 is 8.13. The maximum absolute atomic E-state index is 13.7. The molecular weight excluding hydrogens is 592 g/mol. The summed E-state index contributed by atoms with van der Waals surface area (Å²) in [6, 6.07) is 21.4. The smallest absolute Gasteiger partial charge is 0.291 e. The Kier molecular flexibility index (Phi) is 5.43. The largest absolute Gasteiger partial charge is 0.303 e. The lowest BCUT2D eigenvalue weighted by molar-refractivity contribution is -0.113. The summed E-state index contributed by atoms with van der Waals surface area (Å²) in [7, 11) is 0. The fraction of sp³-hybridized carbons (Fsp3) is 0.0769. The number of fused-ring (bicyclic) bond motifs is 2. The summed E-state index contributed by atoms with van der Waals surface area (Å²) in [5.41, 5.74) is 4.55. The number of aryl methyl sites for hydroxylation is 1. The van der Waals surface area contributed by atoms with E-state index in [2.05, 4.69) is 41.9 Å². The van der Waals surface area contributed by atoms with E-state index in [1.807, 2.05) is 73.7 Å². The van der Waals surface area contributed by atoms with E-state index in [0.717, 1.165) is 36.9 Å². The fourth-order valence-corrected chi connectivity index (χ4v) is 5.79. The van der Waals surface area contributed by atoms with Gasteiger partial charge in [0.2, 0.25) is 4.96 Å². The van der Waals surface area contributed by atoms with Gasteiger partial charge in [0, 0.05) is 20.1 Å². The number of thiazole rings is 1. The first-order chi connectivity index (χ1) is 16.9. The Labute approximate surface area is 220 Å². The summed E-state index contributed by atoms with van der Waals surface area (Å²) in [5.74, 6) is 0.271. The van der Waals surface area contributed by atoms with Crippen molar-refractivity contribution in [2.75, 3.05) is 4.90 Å². The predicted octanol–water partition coefficient (Wildman–Crippen LogP) is 5.12. The van der Waals surface area contributed by atoms with Crippen molar-refractivity contribution >= 4 is 65.3 Å². The highest BCUT2D eigenvalue weighted by Crippen LogP contribution is 2.38. The summed E-state index contributed by atoms with van der Waals surface area (Å²) in [6.07, 6.45) is 0. The summed E-state index contributed by atoms with van der Waals surface area (Å²) in [6.45, 7) is 2.45.